The van der Waals surface area contributed by atoms with Gasteiger partial charge in [-0.25, -0.2) is 5.48 Å². The summed E-state index contributed by atoms with van der Waals surface area (Å²) in [5.74, 6) is -15.3. The smallest absolute Gasteiger partial charge is 0.270 e. The molecule has 123 heavy (non-hydrogen) atoms. The van der Waals surface area contributed by atoms with E-state index in [1.807, 2.05) is 13.8 Å². The highest BCUT2D eigenvalue weighted by Gasteiger charge is 2.52. The van der Waals surface area contributed by atoms with Gasteiger partial charge in [0.2, 0.25) is 59.3 Å². The lowest BCUT2D eigenvalue weighted by molar-refractivity contribution is -0.334. The van der Waals surface area contributed by atoms with Gasteiger partial charge in [0.15, 0.2) is 23.9 Å². The third-order valence-electron chi connectivity index (χ3n) is 22.2. The Morgan fingerprint density at radius 2 is 1.33 bits per heavy atom. The molecule has 3 saturated heterocycles. The highest BCUT2D eigenvalue weighted by molar-refractivity contribution is 6.42. The molecule has 0 spiro atoms. The summed E-state index contributed by atoms with van der Waals surface area (Å²) in [7, 11) is 2.52. The fourth-order valence-corrected chi connectivity index (χ4v) is 16.5. The van der Waals surface area contributed by atoms with Gasteiger partial charge in [-0.1, -0.05) is 84.5 Å². The lowest BCUT2D eigenvalue weighted by Crippen LogP contribution is -2.66. The minimum Gasteiger partial charge on any atom is -0.508 e. The van der Waals surface area contributed by atoms with E-state index in [1.54, 1.807) is 32.0 Å². The number of aliphatic hydroxyl groups is 6. The molecule has 11 bridgehead atoms. The molecule has 9 amide bonds. The molecular formula is C82H96Cl4N12O25. The Morgan fingerprint density at radius 3 is 1.95 bits per heavy atom. The van der Waals surface area contributed by atoms with Gasteiger partial charge in [0, 0.05) is 61.4 Å². The Balaban J connectivity index is 0.981. The number of halogens is 4. The number of likely N-dealkylation sites (tertiary alicyclic amines) is 1. The number of hydroxylamine groups is 1. The number of hydrogen-bond acceptors (Lipinski definition) is 28. The molecule has 662 valence electrons. The van der Waals surface area contributed by atoms with Crippen LogP contribution in [0.4, 0.5) is 0 Å². The second-order valence-electron chi connectivity index (χ2n) is 31.5. The topological polar surface area (TPSA) is 550 Å². The number of amides is 9. The molecule has 6 aromatic carbocycles. The number of fused-ring (bicyclic) bond motifs is 15. The molecule has 14 rings (SSSR count). The zero-order chi connectivity index (χ0) is 88.9. The summed E-state index contributed by atoms with van der Waals surface area (Å²) < 4.78 is 39.6. The number of piperidine rings is 1. The average Bonchev–Trinajstić information content (AvgIpc) is 0.765. The van der Waals surface area contributed by atoms with Crippen LogP contribution in [0.25, 0.3) is 11.1 Å². The van der Waals surface area contributed by atoms with Gasteiger partial charge in [0.25, 0.3) is 5.91 Å². The Kier molecular flexibility index (Phi) is 29.6. The minimum atomic E-state index is -2.36. The van der Waals surface area contributed by atoms with Crippen molar-refractivity contribution < 1.29 is 122 Å². The standard InChI is InChI=1S/C82H96Cl4N12O25/c1-34(2)21-49(88-5)74(110)95-65-67(105)38-9-13-53(47(85)25-38)119-55-27-40-28-56(71(55)123-81-72(70(108)69(107)57(33-99)121-81)122-60-32-82(4,73(109)35(3)118-60)89-17-20-98-18-15-41(16-19-98)90-59(104)23-36-7-11-45(83)46(84)22-36)120-54-14-10-39(26-48(54)86)68(106)66-79(115)94-64(80(116)97-117-6)44-29-42(100)30-52(102)61(44)43-24-37(8-12-51(43)101)62(76(112)96-66)93-77(113)63(40)92-75(111)50(31-58(87)103)91-78(65)114/h7-14,22,24-30,34-35,41,49-50,57,60,62-70,72-73,81,88-89,99-102,105-109H,15-21,23,31-33H2,1-6H3,(H2,87,103)(H,90,104)(H,91,114)(H,92,111)(H,93,113)(H,94,115)(H,95,110)(H,96,112)(H,97,116)/t35?,49?,50?,57?,60?,62?,63?,64-,65?,66?,67?,68?,69?,70?,72?,73?,81?,82-/m1/s1. The fraction of sp³-hybridized carbons (Fsp3) is 0.451. The number of nitrogens with two attached hydrogens (primary N) is 1. The van der Waals surface area contributed by atoms with Gasteiger partial charge in [0.1, 0.15) is 95.5 Å². The zero-order valence-electron chi connectivity index (χ0n) is 67.1. The third kappa shape index (κ3) is 21.2. The SMILES string of the molecule is CNC(CC(C)C)C(=O)NC1C(=O)NC(CC(N)=O)C(=O)NC2C(=O)NC3C(=O)NC(C(=O)N[C@@H](C(=O)NOC)c4cc(O)cc(O)c4-c4cc3ccc4O)C(O)c3ccc(c(Cl)c3)Oc3cc2cc(c3OC2OC(CO)C(O)C(O)C2OC2C[C@@](C)(NCCN3CCC(NC(=O)Cc4ccc(Cl)c(Cl)c4)CC3)C(O)C(C)O2)Oc2ccc(cc2Cl)C1O. The highest BCUT2D eigenvalue weighted by Crippen LogP contribution is 2.50. The molecule has 0 aromatic heterocycles. The molecule has 18 atom stereocenters. The van der Waals surface area contributed by atoms with E-state index in [-0.39, 0.29) is 64.6 Å². The summed E-state index contributed by atoms with van der Waals surface area (Å²) in [5, 5.41) is 131. The van der Waals surface area contributed by atoms with E-state index in [0.29, 0.717) is 54.6 Å². The lowest BCUT2D eigenvalue weighted by Gasteiger charge is -2.48. The van der Waals surface area contributed by atoms with E-state index in [0.717, 1.165) is 67.8 Å². The van der Waals surface area contributed by atoms with E-state index >= 15 is 24.0 Å². The molecule has 8 heterocycles. The number of phenolic OH excluding ortho intramolecular Hbond substituents is 3. The lowest BCUT2D eigenvalue weighted by atomic mass is 9.85. The first-order valence-electron chi connectivity index (χ1n) is 39.4. The Bertz CT molecular complexity index is 4990. The van der Waals surface area contributed by atoms with Gasteiger partial charge in [-0.05, 0) is 146 Å². The van der Waals surface area contributed by atoms with Gasteiger partial charge in [-0.2, -0.15) is 0 Å². The first-order chi connectivity index (χ1) is 58.4. The van der Waals surface area contributed by atoms with E-state index in [4.69, 9.17) is 85.4 Å². The monoisotopic (exact) mass is 1790 g/mol. The van der Waals surface area contributed by atoms with E-state index < -0.39 is 237 Å². The summed E-state index contributed by atoms with van der Waals surface area (Å²) >= 11 is 26.7. The van der Waals surface area contributed by atoms with Crippen LogP contribution in [-0.4, -0.2) is 236 Å². The van der Waals surface area contributed by atoms with Gasteiger partial charge in [0.05, 0.1) is 64.9 Å². The molecule has 8 aliphatic rings. The van der Waals surface area contributed by atoms with Crippen molar-refractivity contribution in [1.29, 1.82) is 0 Å². The van der Waals surface area contributed by atoms with Crippen LogP contribution in [-0.2, 0) is 68.6 Å². The number of nitrogens with zero attached hydrogens (tertiary/aromatic N) is 1. The van der Waals surface area contributed by atoms with Crippen LogP contribution >= 0.6 is 46.4 Å². The van der Waals surface area contributed by atoms with Gasteiger partial charge in [-0.15, -0.1) is 0 Å². The van der Waals surface area contributed by atoms with Gasteiger partial charge >= 0.3 is 0 Å². The van der Waals surface area contributed by atoms with Crippen molar-refractivity contribution >= 4 is 99.6 Å². The number of benzene rings is 6. The van der Waals surface area contributed by atoms with Crippen molar-refractivity contribution in [3.05, 3.63) is 151 Å². The number of primary amides is 1. The molecule has 21 N–H and O–H groups in total. The van der Waals surface area contributed by atoms with Crippen LogP contribution < -0.4 is 73.3 Å². The number of aliphatic hydroxyl groups excluding tert-OH is 6. The minimum absolute atomic E-state index is 0.0988. The zero-order valence-corrected chi connectivity index (χ0v) is 70.1. The molecule has 0 aliphatic carbocycles. The van der Waals surface area contributed by atoms with Crippen LogP contribution in [0.2, 0.25) is 20.1 Å². The molecule has 3 fully saturated rings. The van der Waals surface area contributed by atoms with Crippen LogP contribution in [0.1, 0.15) is 124 Å². The predicted octanol–water partition coefficient (Wildman–Crippen LogP) is 2.46. The van der Waals surface area contributed by atoms with E-state index in [2.05, 4.69) is 58.2 Å². The molecule has 0 saturated carbocycles. The van der Waals surface area contributed by atoms with E-state index in [9.17, 15) is 65.1 Å². The van der Waals surface area contributed by atoms with Crippen molar-refractivity contribution in [3.8, 4) is 57.1 Å². The Morgan fingerprint density at radius 1 is 0.683 bits per heavy atom. The Labute approximate surface area is 724 Å². The van der Waals surface area contributed by atoms with Crippen molar-refractivity contribution in [2.24, 2.45) is 11.7 Å². The van der Waals surface area contributed by atoms with Crippen molar-refractivity contribution in [2.45, 2.75) is 182 Å². The molecule has 8 aliphatic heterocycles. The number of rotatable bonds is 21. The molecule has 6 aromatic rings. The van der Waals surface area contributed by atoms with Crippen molar-refractivity contribution in [3.63, 3.8) is 0 Å². The van der Waals surface area contributed by atoms with Crippen LogP contribution in [0.3, 0.4) is 0 Å². The number of carbonyl (C=O) groups is 9. The molecule has 16 unspecified atom stereocenters. The van der Waals surface area contributed by atoms with Gasteiger partial charge < -0.3 is 133 Å². The average molecular weight is 1790 g/mol. The summed E-state index contributed by atoms with van der Waals surface area (Å²) in [6, 6.07) is 4.85. The first-order valence-corrected chi connectivity index (χ1v) is 40.9. The van der Waals surface area contributed by atoms with Crippen molar-refractivity contribution in [1.82, 2.24) is 58.2 Å². The molecule has 37 nitrogen and oxygen atoms in total. The number of aromatic hydroxyl groups is 3. The summed E-state index contributed by atoms with van der Waals surface area (Å²) in [5.41, 5.74) is 4.81. The van der Waals surface area contributed by atoms with Crippen LogP contribution in [0.5, 0.6) is 46.0 Å². The third-order valence-corrected chi connectivity index (χ3v) is 23.5. The second kappa shape index (κ2) is 39.5. The number of likely N-dealkylation sites (N-methyl/N-ethyl adjacent to an activating group) is 1. The number of ether oxygens (including phenoxy) is 6. The van der Waals surface area contributed by atoms with E-state index in [1.165, 1.54) is 25.2 Å². The maximum absolute atomic E-state index is 16.3. The maximum atomic E-state index is 16.3. The second-order valence-corrected chi connectivity index (χ2v) is 33.1. The van der Waals surface area contributed by atoms with Gasteiger partial charge in [-0.3, -0.25) is 48.0 Å². The first kappa shape index (κ1) is 92.2. The molecular weight excluding hydrogens is 1690 g/mol. The Hall–Kier alpha value is -10.0. The number of phenols is 3. The highest BCUT2D eigenvalue weighted by atomic mass is 35.5. The number of hydrogen-bond donors (Lipinski definition) is 20. The quantitative estimate of drug-likeness (QED) is 0.0460. The fourth-order valence-electron chi connectivity index (χ4n) is 15.7. The maximum Gasteiger partial charge on any atom is 0.270 e. The normalized spacial score (nSPS) is 27.3. The predicted molar refractivity (Wildman–Crippen MR) is 438 cm³/mol. The molecule has 0 radical (unpaired) electrons. The number of nitrogens with one attached hydrogen (secondary N) is 10. The largest absolute Gasteiger partial charge is 0.508 e. The summed E-state index contributed by atoms with van der Waals surface area (Å²) in [4.78, 5) is 140. The van der Waals surface area contributed by atoms with Crippen LogP contribution in [0, 0.1) is 5.92 Å². The van der Waals surface area contributed by atoms with Crippen molar-refractivity contribution in [2.75, 3.05) is 46.9 Å². The summed E-state index contributed by atoms with van der Waals surface area (Å²) in [6.45, 7) is 8.00. The molecule has 41 heteroatoms. The van der Waals surface area contributed by atoms with Crippen LogP contribution in [0.15, 0.2) is 97.1 Å². The number of carbonyl (C=O) groups excluding carboxylic acids is 9. The summed E-state index contributed by atoms with van der Waals surface area (Å²) in [6.07, 6.45) is -17.3.